The first-order valence-electron chi connectivity index (χ1n) is 4.28. The molecule has 0 radical (unpaired) electrons. The van der Waals surface area contributed by atoms with E-state index in [0.29, 0.717) is 19.4 Å². The lowest BCUT2D eigenvalue weighted by Crippen LogP contribution is -2.39. The number of carbonyl (C=O) groups is 2. The SMILES string of the molecule is O=C(CC1(I)NN1)N[C@H]1CCOC1=O. The van der Waals surface area contributed by atoms with Gasteiger partial charge in [0.1, 0.15) is 6.04 Å². The summed E-state index contributed by atoms with van der Waals surface area (Å²) in [4.78, 5) is 22.4. The molecular weight excluding hydrogens is 301 g/mol. The molecule has 2 saturated heterocycles. The zero-order valence-electron chi connectivity index (χ0n) is 7.30. The highest BCUT2D eigenvalue weighted by atomic mass is 127. The Morgan fingerprint density at radius 3 is 2.93 bits per heavy atom. The van der Waals surface area contributed by atoms with Crippen molar-refractivity contribution < 1.29 is 14.3 Å². The number of alkyl halides is 1. The molecule has 2 fully saturated rings. The number of hydrazine groups is 1. The molecule has 2 aliphatic heterocycles. The van der Waals surface area contributed by atoms with Crippen LogP contribution in [0.2, 0.25) is 0 Å². The third-order valence-corrected chi connectivity index (χ3v) is 2.99. The van der Waals surface area contributed by atoms with Crippen molar-refractivity contribution in [2.75, 3.05) is 6.61 Å². The Kier molecular flexibility index (Phi) is 2.62. The van der Waals surface area contributed by atoms with Gasteiger partial charge in [0.15, 0.2) is 3.67 Å². The van der Waals surface area contributed by atoms with Crippen molar-refractivity contribution >= 4 is 34.5 Å². The van der Waals surface area contributed by atoms with Crippen molar-refractivity contribution in [1.82, 2.24) is 16.2 Å². The van der Waals surface area contributed by atoms with E-state index in [9.17, 15) is 9.59 Å². The molecule has 0 unspecified atom stereocenters. The largest absolute Gasteiger partial charge is 0.464 e. The lowest BCUT2D eigenvalue weighted by atomic mass is 10.2. The molecule has 0 aliphatic carbocycles. The highest BCUT2D eigenvalue weighted by Gasteiger charge is 2.41. The van der Waals surface area contributed by atoms with Crippen LogP contribution in [0.1, 0.15) is 12.8 Å². The van der Waals surface area contributed by atoms with Crippen LogP contribution in [0, 0.1) is 0 Å². The van der Waals surface area contributed by atoms with E-state index in [1.807, 2.05) is 0 Å². The second-order valence-corrected chi connectivity index (χ2v) is 5.15. The molecule has 6 nitrogen and oxygen atoms in total. The van der Waals surface area contributed by atoms with Crippen LogP contribution in [-0.2, 0) is 14.3 Å². The van der Waals surface area contributed by atoms with Gasteiger partial charge in [0, 0.05) is 6.42 Å². The Balaban J connectivity index is 1.79. The summed E-state index contributed by atoms with van der Waals surface area (Å²) in [6, 6.07) is -0.457. The van der Waals surface area contributed by atoms with Gasteiger partial charge in [0.05, 0.1) is 13.0 Å². The van der Waals surface area contributed by atoms with Gasteiger partial charge in [-0.3, -0.25) is 4.79 Å². The number of cyclic esters (lactones) is 1. The van der Waals surface area contributed by atoms with Crippen LogP contribution >= 0.6 is 22.6 Å². The normalized spacial score (nSPS) is 28.4. The number of carbonyl (C=O) groups excluding carboxylic acids is 2. The molecule has 7 heteroatoms. The molecule has 1 atom stereocenters. The molecule has 14 heavy (non-hydrogen) atoms. The van der Waals surface area contributed by atoms with E-state index in [1.165, 1.54) is 0 Å². The fourth-order valence-electron chi connectivity index (χ4n) is 1.25. The van der Waals surface area contributed by atoms with Crippen LogP contribution < -0.4 is 16.2 Å². The van der Waals surface area contributed by atoms with Gasteiger partial charge in [0.2, 0.25) is 5.91 Å². The fraction of sp³-hybridized carbons (Fsp3) is 0.714. The highest BCUT2D eigenvalue weighted by Crippen LogP contribution is 2.23. The molecule has 0 bridgehead atoms. The van der Waals surface area contributed by atoms with Gasteiger partial charge in [-0.05, 0) is 22.6 Å². The van der Waals surface area contributed by atoms with E-state index in [4.69, 9.17) is 4.74 Å². The van der Waals surface area contributed by atoms with Crippen molar-refractivity contribution in [3.05, 3.63) is 0 Å². The van der Waals surface area contributed by atoms with Gasteiger partial charge < -0.3 is 10.1 Å². The molecule has 2 aliphatic rings. The van der Waals surface area contributed by atoms with Gasteiger partial charge in [-0.25, -0.2) is 15.6 Å². The number of rotatable bonds is 3. The minimum Gasteiger partial charge on any atom is -0.464 e. The van der Waals surface area contributed by atoms with E-state index < -0.39 is 6.04 Å². The van der Waals surface area contributed by atoms with Gasteiger partial charge >= 0.3 is 5.97 Å². The summed E-state index contributed by atoms with van der Waals surface area (Å²) in [6.45, 7) is 0.398. The predicted molar refractivity (Wildman–Crippen MR) is 55.1 cm³/mol. The summed E-state index contributed by atoms with van der Waals surface area (Å²) in [7, 11) is 0. The summed E-state index contributed by atoms with van der Waals surface area (Å²) >= 11 is 2.10. The molecule has 3 N–H and O–H groups in total. The topological polar surface area (TPSA) is 99.3 Å². The summed E-state index contributed by atoms with van der Waals surface area (Å²) in [5.41, 5.74) is 5.67. The monoisotopic (exact) mass is 311 g/mol. The van der Waals surface area contributed by atoms with E-state index in [2.05, 4.69) is 38.8 Å². The summed E-state index contributed by atoms with van der Waals surface area (Å²) < 4.78 is 4.40. The second kappa shape index (κ2) is 3.63. The van der Waals surface area contributed by atoms with E-state index in [-0.39, 0.29) is 15.5 Å². The summed E-state index contributed by atoms with van der Waals surface area (Å²) in [5, 5.41) is 2.63. The van der Waals surface area contributed by atoms with Crippen molar-refractivity contribution in [1.29, 1.82) is 0 Å². The Morgan fingerprint density at radius 2 is 2.43 bits per heavy atom. The van der Waals surface area contributed by atoms with Crippen LogP contribution in [0.25, 0.3) is 0 Å². The zero-order chi connectivity index (χ0) is 10.2. The van der Waals surface area contributed by atoms with E-state index >= 15 is 0 Å². The number of ether oxygens (including phenoxy) is 1. The Bertz CT molecular complexity index is 279. The average molecular weight is 311 g/mol. The number of esters is 1. The first-order valence-corrected chi connectivity index (χ1v) is 5.36. The van der Waals surface area contributed by atoms with Gasteiger partial charge in [-0.1, -0.05) is 0 Å². The van der Waals surface area contributed by atoms with E-state index in [0.717, 1.165) is 0 Å². The number of hydrogen-bond donors (Lipinski definition) is 3. The van der Waals surface area contributed by atoms with E-state index in [1.54, 1.807) is 0 Å². The molecule has 2 rings (SSSR count). The minimum atomic E-state index is -0.457. The minimum absolute atomic E-state index is 0.152. The van der Waals surface area contributed by atoms with Crippen molar-refractivity contribution in [3.63, 3.8) is 0 Å². The standard InChI is InChI=1S/C7H10IN3O3/c8-7(10-11-7)3-5(12)9-4-1-2-14-6(4)13/h4,10-11H,1-3H2,(H,9,12)/t4-/m0/s1. The molecule has 0 aromatic rings. The first kappa shape index (κ1) is 10.1. The molecule has 0 aromatic carbocycles. The Morgan fingerprint density at radius 1 is 1.71 bits per heavy atom. The molecule has 0 aromatic heterocycles. The van der Waals surface area contributed by atoms with Crippen molar-refractivity contribution in [2.24, 2.45) is 0 Å². The van der Waals surface area contributed by atoms with Gasteiger partial charge in [-0.15, -0.1) is 0 Å². The predicted octanol–water partition coefficient (Wildman–Crippen LogP) is -0.995. The molecule has 0 spiro atoms. The highest BCUT2D eigenvalue weighted by molar-refractivity contribution is 14.1. The molecule has 0 saturated carbocycles. The van der Waals surface area contributed by atoms with Crippen molar-refractivity contribution in [3.8, 4) is 0 Å². The number of hydrogen-bond acceptors (Lipinski definition) is 5. The quantitative estimate of drug-likeness (QED) is 0.204. The number of nitrogens with one attached hydrogen (secondary N) is 3. The first-order chi connectivity index (χ1) is 6.59. The van der Waals surface area contributed by atoms with Crippen LogP contribution in [0.3, 0.4) is 0 Å². The molecule has 1 amide bonds. The maximum absolute atomic E-state index is 11.4. The Labute approximate surface area is 94.2 Å². The summed E-state index contributed by atoms with van der Waals surface area (Å²) in [6.07, 6.45) is 0.872. The van der Waals surface area contributed by atoms with Crippen LogP contribution in [0.15, 0.2) is 0 Å². The van der Waals surface area contributed by atoms with Gasteiger partial charge in [0.25, 0.3) is 0 Å². The molecule has 78 valence electrons. The zero-order valence-corrected chi connectivity index (χ0v) is 9.46. The molecular formula is C7H10IN3O3. The smallest absolute Gasteiger partial charge is 0.328 e. The third kappa shape index (κ3) is 2.34. The Hall–Kier alpha value is -0.410. The maximum Gasteiger partial charge on any atom is 0.328 e. The van der Waals surface area contributed by atoms with Crippen LogP contribution in [-0.4, -0.2) is 28.2 Å². The number of halogens is 1. The molecule has 2 heterocycles. The van der Waals surface area contributed by atoms with Gasteiger partial charge in [-0.2, -0.15) is 0 Å². The maximum atomic E-state index is 11.4. The summed E-state index contributed by atoms with van der Waals surface area (Å²) in [5.74, 6) is -0.488. The van der Waals surface area contributed by atoms with Crippen LogP contribution in [0.5, 0.6) is 0 Å². The number of amides is 1. The van der Waals surface area contributed by atoms with Crippen LogP contribution in [0.4, 0.5) is 0 Å². The van der Waals surface area contributed by atoms with Crippen molar-refractivity contribution in [2.45, 2.75) is 22.6 Å². The second-order valence-electron chi connectivity index (χ2n) is 3.30. The third-order valence-electron chi connectivity index (χ3n) is 2.07. The lowest BCUT2D eigenvalue weighted by molar-refractivity contribution is -0.141. The lowest BCUT2D eigenvalue weighted by Gasteiger charge is -2.09. The average Bonchev–Trinajstić information content (AvgIpc) is 2.67. The fourth-order valence-corrected chi connectivity index (χ4v) is 1.73.